The van der Waals surface area contributed by atoms with Gasteiger partial charge in [-0.3, -0.25) is 9.48 Å². The molecule has 0 aliphatic carbocycles. The third-order valence-corrected chi connectivity index (χ3v) is 6.19. The van der Waals surface area contributed by atoms with Crippen LogP contribution in [0.1, 0.15) is 41.3 Å². The van der Waals surface area contributed by atoms with Crippen molar-refractivity contribution in [1.29, 1.82) is 5.26 Å². The Morgan fingerprint density at radius 1 is 1.03 bits per heavy atom. The Kier molecular flexibility index (Phi) is 7.34. The molecule has 0 saturated heterocycles. The molecule has 2 N–H and O–H groups in total. The van der Waals surface area contributed by atoms with E-state index in [4.69, 9.17) is 5.26 Å². The van der Waals surface area contributed by atoms with Crippen LogP contribution in [0.15, 0.2) is 79.1 Å². The van der Waals surface area contributed by atoms with Crippen LogP contribution >= 0.6 is 0 Å². The second kappa shape index (κ2) is 10.8. The van der Waals surface area contributed by atoms with Crippen molar-refractivity contribution in [3.05, 3.63) is 102 Å². The summed E-state index contributed by atoms with van der Waals surface area (Å²) in [6.45, 7) is 4.69. The van der Waals surface area contributed by atoms with Crippen molar-refractivity contribution in [3.8, 4) is 17.2 Å². The van der Waals surface area contributed by atoms with E-state index in [0.29, 0.717) is 17.9 Å². The Morgan fingerprint density at radius 3 is 2.37 bits per heavy atom. The van der Waals surface area contributed by atoms with E-state index in [-0.39, 0.29) is 11.8 Å². The lowest BCUT2D eigenvalue weighted by Gasteiger charge is -2.21. The number of hydrogen-bond donors (Lipinski definition) is 2. The number of carbonyl (C=O) groups is 1. The lowest BCUT2D eigenvalue weighted by Crippen LogP contribution is -2.35. The number of benzene rings is 2. The maximum Gasteiger partial charge on any atom is 0.247 e. The van der Waals surface area contributed by atoms with Crippen LogP contribution in [0.3, 0.4) is 0 Å². The normalized spacial score (nSPS) is 12.5. The molecule has 7 heteroatoms. The van der Waals surface area contributed by atoms with Gasteiger partial charge in [0, 0.05) is 36.6 Å². The van der Waals surface area contributed by atoms with Crippen molar-refractivity contribution < 1.29 is 4.79 Å². The first-order valence-corrected chi connectivity index (χ1v) is 11.5. The van der Waals surface area contributed by atoms with Crippen molar-refractivity contribution in [3.63, 3.8) is 0 Å². The van der Waals surface area contributed by atoms with Gasteiger partial charge >= 0.3 is 0 Å². The van der Waals surface area contributed by atoms with Crippen molar-refractivity contribution in [2.24, 2.45) is 7.05 Å². The molecule has 35 heavy (non-hydrogen) atoms. The molecular weight excluding hydrogens is 436 g/mol. The van der Waals surface area contributed by atoms with Crippen LogP contribution in [0.4, 0.5) is 5.82 Å². The topological polar surface area (TPSA) is 95.6 Å². The monoisotopic (exact) mass is 464 g/mol. The maximum atomic E-state index is 13.3. The van der Waals surface area contributed by atoms with Gasteiger partial charge in [0.15, 0.2) is 0 Å². The maximum absolute atomic E-state index is 13.3. The average molecular weight is 465 g/mol. The number of hydrogen-bond acceptors (Lipinski definition) is 5. The van der Waals surface area contributed by atoms with Crippen LogP contribution in [-0.4, -0.2) is 27.2 Å². The number of aryl methyl sites for hydroxylation is 1. The molecule has 0 bridgehead atoms. The Balaban J connectivity index is 1.47. The molecule has 0 radical (unpaired) electrons. The van der Waals surface area contributed by atoms with Gasteiger partial charge in [0.05, 0.1) is 17.8 Å². The highest BCUT2D eigenvalue weighted by atomic mass is 16.2. The van der Waals surface area contributed by atoms with Gasteiger partial charge in [-0.2, -0.15) is 10.4 Å². The molecular formula is C28H28N6O. The highest BCUT2D eigenvalue weighted by Gasteiger charge is 2.22. The molecule has 4 rings (SSSR count). The summed E-state index contributed by atoms with van der Waals surface area (Å²) >= 11 is 0. The number of carbonyl (C=O) groups excluding carboxylic acids is 1. The third-order valence-electron chi connectivity index (χ3n) is 6.19. The van der Waals surface area contributed by atoms with E-state index in [1.54, 1.807) is 12.3 Å². The molecule has 1 amide bonds. The van der Waals surface area contributed by atoms with Crippen molar-refractivity contribution >= 4 is 11.7 Å². The number of pyridine rings is 1. The zero-order valence-electron chi connectivity index (χ0n) is 20.1. The molecule has 2 aromatic carbocycles. The Hall–Kier alpha value is -4.28. The first-order valence-electron chi connectivity index (χ1n) is 11.5. The lowest BCUT2D eigenvalue weighted by molar-refractivity contribution is -0.118. The molecule has 2 aromatic heterocycles. The summed E-state index contributed by atoms with van der Waals surface area (Å²) in [5, 5.41) is 19.7. The molecule has 4 aromatic rings. The highest BCUT2D eigenvalue weighted by Crippen LogP contribution is 2.24. The molecule has 176 valence electrons. The van der Waals surface area contributed by atoms with Crippen molar-refractivity contribution in [1.82, 2.24) is 20.1 Å². The number of nitrogens with zero attached hydrogens (tertiary/aromatic N) is 4. The van der Waals surface area contributed by atoms with Gasteiger partial charge in [0.1, 0.15) is 11.9 Å². The van der Waals surface area contributed by atoms with E-state index < -0.39 is 6.04 Å². The lowest BCUT2D eigenvalue weighted by atomic mass is 9.98. The summed E-state index contributed by atoms with van der Waals surface area (Å²) in [5.74, 6) is 0.464. The molecule has 0 saturated carbocycles. The number of anilines is 1. The summed E-state index contributed by atoms with van der Waals surface area (Å²) in [5.41, 5.74) is 5.62. The summed E-state index contributed by atoms with van der Waals surface area (Å²) < 4.78 is 1.82. The predicted molar refractivity (Wildman–Crippen MR) is 137 cm³/mol. The fourth-order valence-corrected chi connectivity index (χ4v) is 3.91. The molecule has 2 atom stereocenters. The minimum absolute atomic E-state index is 0.155. The van der Waals surface area contributed by atoms with Crippen molar-refractivity contribution in [2.75, 3.05) is 11.9 Å². The average Bonchev–Trinajstić information content (AvgIpc) is 3.23. The van der Waals surface area contributed by atoms with Crippen LogP contribution < -0.4 is 10.6 Å². The van der Waals surface area contributed by atoms with Gasteiger partial charge in [-0.1, -0.05) is 49.4 Å². The summed E-state index contributed by atoms with van der Waals surface area (Å²) in [4.78, 5) is 17.8. The second-order valence-corrected chi connectivity index (χ2v) is 8.58. The number of aromatic nitrogens is 3. The van der Waals surface area contributed by atoms with Crippen LogP contribution in [0.5, 0.6) is 0 Å². The first kappa shape index (κ1) is 23.9. The van der Waals surface area contributed by atoms with Gasteiger partial charge < -0.3 is 10.6 Å². The number of rotatable bonds is 8. The van der Waals surface area contributed by atoms with E-state index >= 15 is 0 Å². The Bertz CT molecular complexity index is 1320. The van der Waals surface area contributed by atoms with Crippen LogP contribution in [-0.2, 0) is 11.8 Å². The van der Waals surface area contributed by atoms with E-state index in [1.807, 2.05) is 85.5 Å². The summed E-state index contributed by atoms with van der Waals surface area (Å²) in [7, 11) is 1.90. The minimum Gasteiger partial charge on any atom is -0.309 e. The Labute approximate surface area is 205 Å². The second-order valence-electron chi connectivity index (χ2n) is 8.58. The molecule has 7 nitrogen and oxygen atoms in total. The molecule has 2 unspecified atom stereocenters. The largest absolute Gasteiger partial charge is 0.309 e. The minimum atomic E-state index is -0.543. The van der Waals surface area contributed by atoms with E-state index in [2.05, 4.69) is 33.7 Å². The number of nitrogens with one attached hydrogen (secondary N) is 2. The number of amides is 1. The third kappa shape index (κ3) is 5.62. The van der Waals surface area contributed by atoms with E-state index in [1.165, 1.54) is 0 Å². The molecule has 0 aliphatic rings. The zero-order valence-corrected chi connectivity index (χ0v) is 20.1. The quantitative estimate of drug-likeness (QED) is 0.393. The molecule has 0 aliphatic heterocycles. The SMILES string of the molecule is Cc1c(-c2ccc(NC(=O)C(NCC(C)c3ccc(C#N)cc3)c3ccccc3)nc2)cnn1C. The first-order chi connectivity index (χ1) is 17.0. The summed E-state index contributed by atoms with van der Waals surface area (Å²) in [6, 6.07) is 22.5. The van der Waals surface area contributed by atoms with Gasteiger partial charge in [-0.15, -0.1) is 0 Å². The predicted octanol–water partition coefficient (Wildman–Crippen LogP) is 4.74. The van der Waals surface area contributed by atoms with Gasteiger partial charge in [-0.25, -0.2) is 4.98 Å². The van der Waals surface area contributed by atoms with Crippen LogP contribution in [0, 0.1) is 18.3 Å². The Morgan fingerprint density at radius 2 is 1.77 bits per heavy atom. The van der Waals surface area contributed by atoms with Crippen LogP contribution in [0.25, 0.3) is 11.1 Å². The van der Waals surface area contributed by atoms with E-state index in [0.717, 1.165) is 27.9 Å². The van der Waals surface area contributed by atoms with Gasteiger partial charge in [0.2, 0.25) is 5.91 Å². The fraction of sp³-hybridized carbons (Fsp3) is 0.214. The van der Waals surface area contributed by atoms with Gasteiger partial charge in [0.25, 0.3) is 0 Å². The summed E-state index contributed by atoms with van der Waals surface area (Å²) in [6.07, 6.45) is 3.56. The molecule has 0 fully saturated rings. The van der Waals surface area contributed by atoms with Crippen LogP contribution in [0.2, 0.25) is 0 Å². The molecule has 2 heterocycles. The number of nitriles is 1. The standard InChI is InChI=1S/C28H28N6O/c1-19(22-11-9-21(15-29)10-12-22)16-31-27(23-7-5-4-6-8-23)28(35)33-26-14-13-24(17-30-26)25-18-32-34(3)20(25)2/h4-14,17-19,27,31H,16H2,1-3H3,(H,30,33,35). The fourth-order valence-electron chi connectivity index (χ4n) is 3.91. The zero-order chi connectivity index (χ0) is 24.8. The smallest absolute Gasteiger partial charge is 0.247 e. The van der Waals surface area contributed by atoms with Crippen molar-refractivity contribution in [2.45, 2.75) is 25.8 Å². The molecule has 0 spiro atoms. The highest BCUT2D eigenvalue weighted by molar-refractivity contribution is 5.95. The van der Waals surface area contributed by atoms with Gasteiger partial charge in [-0.05, 0) is 48.2 Å². The van der Waals surface area contributed by atoms with E-state index in [9.17, 15) is 4.79 Å².